The van der Waals surface area contributed by atoms with Gasteiger partial charge < -0.3 is 10.6 Å². The number of anilines is 1. The van der Waals surface area contributed by atoms with E-state index in [0.717, 1.165) is 22.1 Å². The van der Waals surface area contributed by atoms with Crippen molar-refractivity contribution in [3.05, 3.63) is 29.8 Å². The van der Waals surface area contributed by atoms with E-state index in [1.807, 2.05) is 24.3 Å². The summed E-state index contributed by atoms with van der Waals surface area (Å²) in [5.74, 6) is -0.451. The molecule has 8 nitrogen and oxygen atoms in total. The first-order chi connectivity index (χ1) is 13.6. The normalized spacial score (nSPS) is 17.9. The first-order valence-electron chi connectivity index (χ1n) is 9.04. The second-order valence-corrected chi connectivity index (χ2v) is 8.90. The van der Waals surface area contributed by atoms with Crippen molar-refractivity contribution in [2.24, 2.45) is 0 Å². The largest absolute Gasteiger partial charge is 0.325 e. The minimum absolute atomic E-state index is 0.0487. The number of hydrogen-bond donors (Lipinski definition) is 2. The Balaban J connectivity index is 1.36. The Hall–Kier alpha value is -2.46. The fourth-order valence-electron chi connectivity index (χ4n) is 3.58. The zero-order chi connectivity index (χ0) is 19.6. The van der Waals surface area contributed by atoms with E-state index >= 15 is 0 Å². The Kier molecular flexibility index (Phi) is 5.31. The van der Waals surface area contributed by atoms with Crippen LogP contribution in [0.2, 0.25) is 0 Å². The number of hydrogen-bond acceptors (Lipinski definition) is 7. The fraction of sp³-hybridized carbons (Fsp3) is 0.389. The maximum atomic E-state index is 12.6. The van der Waals surface area contributed by atoms with Crippen molar-refractivity contribution in [3.8, 4) is 0 Å². The number of rotatable bonds is 6. The number of imide groups is 1. The number of aromatic nitrogens is 2. The van der Waals surface area contributed by atoms with E-state index < -0.39 is 11.6 Å². The summed E-state index contributed by atoms with van der Waals surface area (Å²) in [6.45, 7) is 0.0734. The summed E-state index contributed by atoms with van der Waals surface area (Å²) in [6, 6.07) is 7.02. The third-order valence-electron chi connectivity index (χ3n) is 4.96. The van der Waals surface area contributed by atoms with Crippen LogP contribution in [0, 0.1) is 0 Å². The quantitative estimate of drug-likeness (QED) is 0.701. The predicted molar refractivity (Wildman–Crippen MR) is 105 cm³/mol. The molecule has 0 unspecified atom stereocenters. The first-order valence-corrected chi connectivity index (χ1v) is 10.7. The summed E-state index contributed by atoms with van der Waals surface area (Å²) in [5, 5.41) is 13.5. The van der Waals surface area contributed by atoms with Crippen LogP contribution < -0.4 is 10.6 Å². The molecule has 2 heterocycles. The van der Waals surface area contributed by atoms with E-state index in [0.29, 0.717) is 18.5 Å². The van der Waals surface area contributed by atoms with Gasteiger partial charge in [0.2, 0.25) is 5.91 Å². The summed E-state index contributed by atoms with van der Waals surface area (Å²) >= 11 is 2.84. The van der Waals surface area contributed by atoms with E-state index in [-0.39, 0.29) is 24.8 Å². The lowest BCUT2D eigenvalue weighted by atomic mass is 9.98. The highest BCUT2D eigenvalue weighted by molar-refractivity contribution is 8.01. The molecule has 0 atom stereocenters. The number of para-hydroxylation sites is 1. The molecule has 2 aromatic rings. The third-order valence-corrected chi connectivity index (χ3v) is 6.82. The molecule has 0 radical (unpaired) electrons. The van der Waals surface area contributed by atoms with Crippen molar-refractivity contribution < 1.29 is 14.4 Å². The van der Waals surface area contributed by atoms with Gasteiger partial charge in [-0.1, -0.05) is 48.1 Å². The molecule has 1 saturated heterocycles. The number of nitrogens with zero attached hydrogens (tertiary/aromatic N) is 3. The molecular formula is C18H19N5O3S2. The van der Waals surface area contributed by atoms with Gasteiger partial charge in [-0.25, -0.2) is 4.79 Å². The number of benzene rings is 1. The Morgan fingerprint density at radius 3 is 2.82 bits per heavy atom. The van der Waals surface area contributed by atoms with Crippen molar-refractivity contribution in [2.75, 3.05) is 11.9 Å². The fourth-order valence-corrected chi connectivity index (χ4v) is 5.10. The Morgan fingerprint density at radius 1 is 1.29 bits per heavy atom. The zero-order valence-corrected chi connectivity index (χ0v) is 16.6. The van der Waals surface area contributed by atoms with E-state index in [1.165, 1.54) is 28.0 Å². The SMILES string of the molecule is O=C(CCN1C(=O)NC2(CCCC2)C1=O)Nc1ccccc1Sc1nncs1. The van der Waals surface area contributed by atoms with Gasteiger partial charge in [-0.3, -0.25) is 14.5 Å². The standard InChI is InChI=1S/C18H19N5O3S2/c24-14(7-10-23-15(25)18(21-16(23)26)8-3-4-9-18)20-12-5-1-2-6-13(12)28-17-22-19-11-27-17/h1-2,5-6,11H,3-4,7-10H2,(H,20,24)(H,21,26). The van der Waals surface area contributed by atoms with Gasteiger partial charge in [-0.15, -0.1) is 10.2 Å². The summed E-state index contributed by atoms with van der Waals surface area (Å²) in [7, 11) is 0. The molecule has 1 aliphatic heterocycles. The molecule has 4 amide bonds. The van der Waals surface area contributed by atoms with Crippen LogP contribution in [0.25, 0.3) is 0 Å². The van der Waals surface area contributed by atoms with Crippen LogP contribution in [0.4, 0.5) is 10.5 Å². The molecule has 0 bridgehead atoms. The van der Waals surface area contributed by atoms with Crippen molar-refractivity contribution in [1.82, 2.24) is 20.4 Å². The molecule has 1 aromatic heterocycles. The summed E-state index contributed by atoms with van der Waals surface area (Å²) in [5.41, 5.74) is 1.58. The van der Waals surface area contributed by atoms with Crippen LogP contribution in [0.5, 0.6) is 0 Å². The maximum absolute atomic E-state index is 12.6. The lowest BCUT2D eigenvalue weighted by molar-refractivity contribution is -0.131. The molecule has 1 spiro atoms. The van der Waals surface area contributed by atoms with Crippen LogP contribution in [0.1, 0.15) is 32.1 Å². The first kappa shape index (κ1) is 18.9. The molecule has 28 heavy (non-hydrogen) atoms. The highest BCUT2D eigenvalue weighted by Crippen LogP contribution is 2.35. The lowest BCUT2D eigenvalue weighted by Crippen LogP contribution is -2.44. The molecule has 10 heteroatoms. The van der Waals surface area contributed by atoms with Crippen LogP contribution in [0.15, 0.2) is 39.0 Å². The average molecular weight is 418 g/mol. The van der Waals surface area contributed by atoms with Crippen molar-refractivity contribution in [1.29, 1.82) is 0 Å². The topological polar surface area (TPSA) is 104 Å². The smallest absolute Gasteiger partial charge is 0.325 e. The van der Waals surface area contributed by atoms with E-state index in [2.05, 4.69) is 20.8 Å². The van der Waals surface area contributed by atoms with E-state index in [4.69, 9.17) is 0 Å². The second-order valence-electron chi connectivity index (χ2n) is 6.78. The molecule has 2 aliphatic rings. The average Bonchev–Trinajstić information content (AvgIpc) is 3.40. The number of amides is 4. The zero-order valence-electron chi connectivity index (χ0n) is 15.0. The molecule has 2 fully saturated rings. The van der Waals surface area contributed by atoms with Gasteiger partial charge >= 0.3 is 6.03 Å². The van der Waals surface area contributed by atoms with Crippen molar-refractivity contribution in [2.45, 2.75) is 46.9 Å². The monoisotopic (exact) mass is 417 g/mol. The van der Waals surface area contributed by atoms with Gasteiger partial charge in [0.1, 0.15) is 11.0 Å². The molecule has 4 rings (SSSR count). The van der Waals surface area contributed by atoms with Crippen LogP contribution >= 0.6 is 23.1 Å². The molecule has 1 aliphatic carbocycles. The predicted octanol–water partition coefficient (Wildman–Crippen LogP) is 2.88. The molecule has 1 saturated carbocycles. The molecular weight excluding hydrogens is 398 g/mol. The van der Waals surface area contributed by atoms with Crippen molar-refractivity contribution >= 4 is 46.6 Å². The second kappa shape index (κ2) is 7.88. The maximum Gasteiger partial charge on any atom is 0.325 e. The molecule has 1 aromatic carbocycles. The lowest BCUT2D eigenvalue weighted by Gasteiger charge is -2.20. The van der Waals surface area contributed by atoms with Gasteiger partial charge in [0.05, 0.1) is 5.69 Å². The number of urea groups is 1. The van der Waals surface area contributed by atoms with Gasteiger partial charge in [0.25, 0.3) is 5.91 Å². The number of carbonyl (C=O) groups is 3. The van der Waals surface area contributed by atoms with Crippen LogP contribution in [0.3, 0.4) is 0 Å². The van der Waals surface area contributed by atoms with Crippen LogP contribution in [-0.4, -0.2) is 45.0 Å². The van der Waals surface area contributed by atoms with E-state index in [9.17, 15) is 14.4 Å². The molecule has 2 N–H and O–H groups in total. The van der Waals surface area contributed by atoms with Gasteiger partial charge in [0, 0.05) is 17.9 Å². The summed E-state index contributed by atoms with van der Waals surface area (Å²) < 4.78 is 0.780. The Bertz CT molecular complexity index is 896. The summed E-state index contributed by atoms with van der Waals surface area (Å²) in [4.78, 5) is 39.3. The Morgan fingerprint density at radius 2 is 2.07 bits per heavy atom. The van der Waals surface area contributed by atoms with Gasteiger partial charge in [0.15, 0.2) is 4.34 Å². The minimum Gasteiger partial charge on any atom is -0.325 e. The number of carbonyl (C=O) groups excluding carboxylic acids is 3. The van der Waals surface area contributed by atoms with Gasteiger partial charge in [-0.2, -0.15) is 0 Å². The third kappa shape index (κ3) is 3.74. The molecule has 146 valence electrons. The Labute approximate surface area is 170 Å². The van der Waals surface area contributed by atoms with Crippen LogP contribution in [-0.2, 0) is 9.59 Å². The summed E-state index contributed by atoms with van der Waals surface area (Å²) in [6.07, 6.45) is 3.27. The van der Waals surface area contributed by atoms with Gasteiger partial charge in [-0.05, 0) is 25.0 Å². The highest BCUT2D eigenvalue weighted by atomic mass is 32.2. The van der Waals surface area contributed by atoms with E-state index in [1.54, 1.807) is 5.51 Å². The minimum atomic E-state index is -0.738. The van der Waals surface area contributed by atoms with Crippen molar-refractivity contribution in [3.63, 3.8) is 0 Å². The highest BCUT2D eigenvalue weighted by Gasteiger charge is 2.52. The number of nitrogens with one attached hydrogen (secondary N) is 2.